The maximum absolute atomic E-state index is 12.1. The van der Waals surface area contributed by atoms with E-state index in [2.05, 4.69) is 41.8 Å². The third-order valence-electron chi connectivity index (χ3n) is 4.42. The first-order chi connectivity index (χ1) is 12.8. The first-order valence-electron chi connectivity index (χ1n) is 8.59. The van der Waals surface area contributed by atoms with Crippen LogP contribution in [0, 0.1) is 0 Å². The summed E-state index contributed by atoms with van der Waals surface area (Å²) in [5, 5.41) is 18.5. The lowest BCUT2D eigenvalue weighted by Crippen LogP contribution is -2.12. The number of nitrogens with one attached hydrogen (secondary N) is 2. The van der Waals surface area contributed by atoms with Gasteiger partial charge in [0.15, 0.2) is 0 Å². The molecule has 0 atom stereocenters. The van der Waals surface area contributed by atoms with Crippen LogP contribution in [0.4, 0.5) is 10.9 Å². The van der Waals surface area contributed by atoms with Gasteiger partial charge in [-0.25, -0.2) is 4.98 Å². The zero-order valence-corrected chi connectivity index (χ0v) is 14.9. The molecule has 3 aromatic rings. The number of aromatic nitrogens is 5. The minimum absolute atomic E-state index is 0.254. The zero-order valence-electron chi connectivity index (χ0n) is 14.1. The maximum Gasteiger partial charge on any atom is 0.259 e. The predicted molar refractivity (Wildman–Crippen MR) is 99.2 cm³/mol. The van der Waals surface area contributed by atoms with Gasteiger partial charge in [-0.05, 0) is 31.0 Å². The summed E-state index contributed by atoms with van der Waals surface area (Å²) in [4.78, 5) is 16.4. The Morgan fingerprint density at radius 2 is 2.15 bits per heavy atom. The van der Waals surface area contributed by atoms with E-state index in [1.165, 1.54) is 43.2 Å². The van der Waals surface area contributed by atoms with Crippen molar-refractivity contribution in [2.24, 2.45) is 0 Å². The molecular formula is C17H19N7OS. The van der Waals surface area contributed by atoms with Crippen LogP contribution in [0.2, 0.25) is 0 Å². The van der Waals surface area contributed by atoms with Gasteiger partial charge >= 0.3 is 0 Å². The second-order valence-electron chi connectivity index (χ2n) is 6.21. The second kappa shape index (κ2) is 7.61. The van der Waals surface area contributed by atoms with Gasteiger partial charge in [0.1, 0.15) is 11.3 Å². The summed E-state index contributed by atoms with van der Waals surface area (Å²) >= 11 is 1.27. The molecule has 26 heavy (non-hydrogen) atoms. The van der Waals surface area contributed by atoms with Crippen molar-refractivity contribution in [1.82, 2.24) is 25.0 Å². The summed E-state index contributed by atoms with van der Waals surface area (Å²) in [6.07, 6.45) is 8.62. The lowest BCUT2D eigenvalue weighted by molar-refractivity contribution is 0.102. The molecule has 134 valence electrons. The van der Waals surface area contributed by atoms with Gasteiger partial charge in [-0.2, -0.15) is 5.10 Å². The minimum Gasteiger partial charge on any atom is -0.364 e. The summed E-state index contributed by atoms with van der Waals surface area (Å²) in [6.45, 7) is 0.600. The lowest BCUT2D eigenvalue weighted by Gasteiger charge is -2.09. The first-order valence-corrected chi connectivity index (χ1v) is 9.47. The van der Waals surface area contributed by atoms with Crippen LogP contribution in [-0.4, -0.2) is 30.9 Å². The molecule has 0 saturated heterocycles. The Bertz CT molecular complexity index is 854. The number of carbonyl (C=O) groups excluding carboxylic acids is 1. The van der Waals surface area contributed by atoms with Crippen molar-refractivity contribution in [3.8, 4) is 0 Å². The highest BCUT2D eigenvalue weighted by Crippen LogP contribution is 2.28. The predicted octanol–water partition coefficient (Wildman–Crippen LogP) is 3.11. The number of hydrogen-bond acceptors (Lipinski definition) is 7. The topological polar surface area (TPSA) is 97.6 Å². The van der Waals surface area contributed by atoms with Crippen LogP contribution < -0.4 is 10.6 Å². The number of nitrogens with zero attached hydrogens (tertiary/aromatic N) is 5. The van der Waals surface area contributed by atoms with Crippen molar-refractivity contribution in [3.05, 3.63) is 47.4 Å². The van der Waals surface area contributed by atoms with Crippen LogP contribution in [0.1, 0.15) is 47.8 Å². The summed E-state index contributed by atoms with van der Waals surface area (Å²) in [7, 11) is 0. The molecule has 0 aliphatic heterocycles. The second-order valence-corrected chi connectivity index (χ2v) is 7.04. The van der Waals surface area contributed by atoms with Gasteiger partial charge in [-0.15, -0.1) is 10.2 Å². The van der Waals surface area contributed by atoms with E-state index in [0.717, 1.165) is 5.69 Å². The fourth-order valence-electron chi connectivity index (χ4n) is 3.05. The van der Waals surface area contributed by atoms with Gasteiger partial charge in [0.25, 0.3) is 5.91 Å². The number of anilines is 2. The molecule has 0 spiro atoms. The van der Waals surface area contributed by atoms with Gasteiger partial charge in [-0.1, -0.05) is 24.2 Å². The van der Waals surface area contributed by atoms with Gasteiger partial charge < -0.3 is 5.32 Å². The highest BCUT2D eigenvalue weighted by atomic mass is 32.1. The molecule has 9 heteroatoms. The number of carbonyl (C=O) groups is 1. The Morgan fingerprint density at radius 1 is 1.27 bits per heavy atom. The smallest absolute Gasteiger partial charge is 0.259 e. The van der Waals surface area contributed by atoms with Crippen LogP contribution in [0.15, 0.2) is 36.1 Å². The molecule has 1 aliphatic carbocycles. The number of hydrogen-bond donors (Lipinski definition) is 2. The Labute approximate surface area is 154 Å². The molecule has 0 unspecified atom stereocenters. The van der Waals surface area contributed by atoms with E-state index >= 15 is 0 Å². The number of rotatable bonds is 6. The maximum atomic E-state index is 12.1. The van der Waals surface area contributed by atoms with E-state index in [-0.39, 0.29) is 5.91 Å². The SMILES string of the molecule is O=C(Nc1nncs1)c1ccc(NCc2ccn(C3CCCC3)n2)nc1. The monoisotopic (exact) mass is 369 g/mol. The van der Waals surface area contributed by atoms with Crippen molar-refractivity contribution < 1.29 is 4.79 Å². The average molecular weight is 369 g/mol. The number of pyridine rings is 1. The molecule has 1 saturated carbocycles. The van der Waals surface area contributed by atoms with Crippen molar-refractivity contribution in [1.29, 1.82) is 0 Å². The quantitative estimate of drug-likeness (QED) is 0.693. The van der Waals surface area contributed by atoms with E-state index < -0.39 is 0 Å². The van der Waals surface area contributed by atoms with Crippen molar-refractivity contribution in [3.63, 3.8) is 0 Å². The normalized spacial score (nSPS) is 14.5. The van der Waals surface area contributed by atoms with E-state index in [9.17, 15) is 4.79 Å². The third-order valence-corrected chi connectivity index (χ3v) is 5.03. The van der Waals surface area contributed by atoms with Gasteiger partial charge in [0.05, 0.1) is 23.8 Å². The third kappa shape index (κ3) is 3.88. The molecule has 2 N–H and O–H groups in total. The Morgan fingerprint density at radius 3 is 2.88 bits per heavy atom. The lowest BCUT2D eigenvalue weighted by atomic mass is 10.2. The zero-order chi connectivity index (χ0) is 17.8. The van der Waals surface area contributed by atoms with Gasteiger partial charge in [0.2, 0.25) is 5.13 Å². The summed E-state index contributed by atoms with van der Waals surface area (Å²) in [5.74, 6) is 0.448. The minimum atomic E-state index is -0.254. The molecule has 1 fully saturated rings. The molecule has 8 nitrogen and oxygen atoms in total. The van der Waals surface area contributed by atoms with Crippen LogP contribution >= 0.6 is 11.3 Å². The first kappa shape index (κ1) is 16.6. The molecular weight excluding hydrogens is 350 g/mol. The molecule has 0 radical (unpaired) electrons. The molecule has 1 amide bonds. The Balaban J connectivity index is 1.32. The summed E-state index contributed by atoms with van der Waals surface area (Å²) in [5.41, 5.74) is 3.02. The summed E-state index contributed by atoms with van der Waals surface area (Å²) in [6, 6.07) is 6.09. The standard InChI is InChI=1S/C17H19N7OS/c25-16(21-17-22-20-11-26-17)12-5-6-15(18-9-12)19-10-13-7-8-24(23-13)14-3-1-2-4-14/h5-9,11,14H,1-4,10H2,(H,18,19)(H,21,22,25). The highest BCUT2D eigenvalue weighted by molar-refractivity contribution is 7.13. The molecule has 3 aromatic heterocycles. The van der Waals surface area contributed by atoms with Crippen molar-refractivity contribution in [2.45, 2.75) is 38.3 Å². The molecule has 3 heterocycles. The van der Waals surface area contributed by atoms with E-state index in [1.54, 1.807) is 17.6 Å². The molecule has 1 aliphatic rings. The van der Waals surface area contributed by atoms with Crippen LogP contribution in [0.5, 0.6) is 0 Å². The number of amides is 1. The molecule has 0 aromatic carbocycles. The van der Waals surface area contributed by atoms with E-state index in [1.807, 2.05) is 6.07 Å². The van der Waals surface area contributed by atoms with Crippen LogP contribution in [0.3, 0.4) is 0 Å². The van der Waals surface area contributed by atoms with Crippen molar-refractivity contribution >= 4 is 28.2 Å². The van der Waals surface area contributed by atoms with E-state index in [0.29, 0.717) is 29.1 Å². The molecule has 4 rings (SSSR count). The van der Waals surface area contributed by atoms with Crippen LogP contribution in [0.25, 0.3) is 0 Å². The fourth-order valence-corrected chi connectivity index (χ4v) is 3.49. The Hall–Kier alpha value is -2.81. The van der Waals surface area contributed by atoms with Crippen LogP contribution in [-0.2, 0) is 6.54 Å². The van der Waals surface area contributed by atoms with E-state index in [4.69, 9.17) is 0 Å². The van der Waals surface area contributed by atoms with Crippen molar-refractivity contribution in [2.75, 3.05) is 10.6 Å². The largest absolute Gasteiger partial charge is 0.364 e. The van der Waals surface area contributed by atoms with Gasteiger partial charge in [0, 0.05) is 12.4 Å². The van der Waals surface area contributed by atoms with Gasteiger partial charge in [-0.3, -0.25) is 14.8 Å². The Kier molecular flexibility index (Phi) is 4.87. The highest BCUT2D eigenvalue weighted by Gasteiger charge is 2.17. The molecule has 0 bridgehead atoms. The summed E-state index contributed by atoms with van der Waals surface area (Å²) < 4.78 is 2.08. The average Bonchev–Trinajstić information content (AvgIpc) is 3.41. The fraction of sp³-hybridized carbons (Fsp3) is 0.353.